The Kier molecular flexibility index (Phi) is 10.4. The Morgan fingerprint density at radius 3 is 2.34 bits per heavy atom. The number of sulfonamides is 1. The number of aromatic amines is 2. The molecule has 3 amide bonds. The van der Waals surface area contributed by atoms with Crippen LogP contribution < -0.4 is 21.5 Å². The molecule has 1 aliphatic carbocycles. The molecule has 4 aromatic rings. The number of nitrogens with zero attached hydrogens (tertiary/aromatic N) is 1. The SMILES string of the molecule is Cc1cc(S(=O)(=O)N2CCCC2)ccc1-c1ccc(C[C@H](NC(=O)C2CCC(CNC(=O)O)CC2)C(=O)Nc2ccc3c(=O)[nH][nH]c3c2)cc1. The van der Waals surface area contributed by atoms with Gasteiger partial charge in [0.05, 0.1) is 15.8 Å². The zero-order valence-electron chi connectivity index (χ0n) is 27.8. The molecular weight excluding hydrogens is 660 g/mol. The third-order valence-electron chi connectivity index (χ3n) is 9.84. The van der Waals surface area contributed by atoms with Crippen LogP contribution in [0.5, 0.6) is 0 Å². The van der Waals surface area contributed by atoms with Crippen LogP contribution >= 0.6 is 0 Å². The summed E-state index contributed by atoms with van der Waals surface area (Å²) < 4.78 is 27.7. The molecule has 2 aliphatic rings. The number of carboxylic acid groups (broad SMARTS) is 1. The number of anilines is 1. The van der Waals surface area contributed by atoms with Gasteiger partial charge in [-0.15, -0.1) is 0 Å². The topological polar surface area (TPSA) is 194 Å². The average Bonchev–Trinajstić information content (AvgIpc) is 3.78. The minimum absolute atomic E-state index is 0.164. The maximum atomic E-state index is 13.7. The van der Waals surface area contributed by atoms with E-state index in [4.69, 9.17) is 5.11 Å². The van der Waals surface area contributed by atoms with Crippen LogP contribution in [0.4, 0.5) is 10.5 Å². The molecule has 0 unspecified atom stereocenters. The van der Waals surface area contributed by atoms with Gasteiger partial charge in [0.15, 0.2) is 0 Å². The van der Waals surface area contributed by atoms with Crippen LogP contribution in [0.15, 0.2) is 70.4 Å². The monoisotopic (exact) mass is 702 g/mol. The van der Waals surface area contributed by atoms with E-state index in [0.717, 1.165) is 35.1 Å². The van der Waals surface area contributed by atoms with Gasteiger partial charge >= 0.3 is 6.09 Å². The summed E-state index contributed by atoms with van der Waals surface area (Å²) in [6, 6.07) is 16.8. The zero-order chi connectivity index (χ0) is 35.4. The number of nitrogens with one attached hydrogen (secondary N) is 5. The number of rotatable bonds is 11. The van der Waals surface area contributed by atoms with Crippen molar-refractivity contribution in [3.8, 4) is 11.1 Å². The first-order valence-electron chi connectivity index (χ1n) is 17.0. The Hall–Kier alpha value is -4.95. The van der Waals surface area contributed by atoms with Crippen molar-refractivity contribution >= 4 is 44.5 Å². The van der Waals surface area contributed by atoms with E-state index in [-0.39, 0.29) is 34.6 Å². The summed E-state index contributed by atoms with van der Waals surface area (Å²) in [6.07, 6.45) is 3.48. The van der Waals surface area contributed by atoms with Crippen molar-refractivity contribution in [3.05, 3.63) is 82.1 Å². The number of amides is 3. The highest BCUT2D eigenvalue weighted by molar-refractivity contribution is 7.89. The van der Waals surface area contributed by atoms with E-state index in [1.807, 2.05) is 37.3 Å². The van der Waals surface area contributed by atoms with Crippen LogP contribution in [0.1, 0.15) is 49.7 Å². The second kappa shape index (κ2) is 14.9. The summed E-state index contributed by atoms with van der Waals surface area (Å²) in [5.74, 6) is -0.770. The van der Waals surface area contributed by atoms with Crippen molar-refractivity contribution < 1.29 is 27.9 Å². The molecule has 2 heterocycles. The largest absolute Gasteiger partial charge is 0.465 e. The standard InChI is InChI=1S/C36H42N6O7S/c1-22-18-28(50(48,49)42-16-2-3-17-42)13-15-29(22)25-8-4-23(5-9-25)19-32(35(45)38-27-12-14-30-31(20-27)40-41-34(30)44)39-33(43)26-10-6-24(7-11-26)21-37-36(46)47/h4-5,8-9,12-15,18,20,24,26,32,37H,2-3,6-7,10-11,16-17,19,21H2,1H3,(H,38,45)(H,39,43)(H,46,47)(H2,40,41,44)/t24?,26?,32-/m0/s1. The summed E-state index contributed by atoms with van der Waals surface area (Å²) in [5, 5.41) is 23.0. The van der Waals surface area contributed by atoms with Crippen molar-refractivity contribution in [2.24, 2.45) is 11.8 Å². The molecule has 0 spiro atoms. The molecule has 2 fully saturated rings. The molecule has 0 radical (unpaired) electrons. The summed E-state index contributed by atoms with van der Waals surface area (Å²) in [5.41, 5.74) is 4.17. The molecule has 1 saturated heterocycles. The van der Waals surface area contributed by atoms with Gasteiger partial charge in [-0.25, -0.2) is 13.2 Å². The van der Waals surface area contributed by atoms with Crippen molar-refractivity contribution in [2.75, 3.05) is 25.0 Å². The van der Waals surface area contributed by atoms with E-state index < -0.39 is 28.1 Å². The minimum atomic E-state index is -3.53. The molecule has 3 aromatic carbocycles. The van der Waals surface area contributed by atoms with Crippen LogP contribution in [-0.2, 0) is 26.0 Å². The molecule has 1 aromatic heterocycles. The van der Waals surface area contributed by atoms with E-state index in [1.165, 1.54) is 4.31 Å². The third-order valence-corrected chi connectivity index (χ3v) is 11.7. The number of carbonyl (C=O) groups is 3. The van der Waals surface area contributed by atoms with Crippen LogP contribution in [0.2, 0.25) is 0 Å². The summed E-state index contributed by atoms with van der Waals surface area (Å²) in [4.78, 5) is 50.3. The van der Waals surface area contributed by atoms with E-state index in [1.54, 1.807) is 30.3 Å². The van der Waals surface area contributed by atoms with Crippen molar-refractivity contribution in [2.45, 2.75) is 62.8 Å². The summed E-state index contributed by atoms with van der Waals surface area (Å²) in [7, 11) is -3.53. The van der Waals surface area contributed by atoms with Crippen molar-refractivity contribution in [1.29, 1.82) is 0 Å². The van der Waals surface area contributed by atoms with Gasteiger partial charge < -0.3 is 21.1 Å². The first kappa shape index (κ1) is 34.9. The smallest absolute Gasteiger partial charge is 0.404 e. The predicted octanol–water partition coefficient (Wildman–Crippen LogP) is 4.36. The Morgan fingerprint density at radius 2 is 1.66 bits per heavy atom. The molecule has 50 heavy (non-hydrogen) atoms. The molecule has 13 nitrogen and oxygen atoms in total. The molecule has 264 valence electrons. The minimum Gasteiger partial charge on any atom is -0.465 e. The molecule has 6 rings (SSSR count). The van der Waals surface area contributed by atoms with Gasteiger partial charge in [-0.1, -0.05) is 30.3 Å². The van der Waals surface area contributed by atoms with Gasteiger partial charge in [-0.05, 0) is 104 Å². The fourth-order valence-electron chi connectivity index (χ4n) is 6.96. The first-order chi connectivity index (χ1) is 24.0. The highest BCUT2D eigenvalue weighted by atomic mass is 32.2. The molecule has 1 saturated carbocycles. The number of H-pyrrole nitrogens is 2. The molecule has 1 atom stereocenters. The highest BCUT2D eigenvalue weighted by Crippen LogP contribution is 2.30. The lowest BCUT2D eigenvalue weighted by Gasteiger charge is -2.29. The van der Waals surface area contributed by atoms with Crippen LogP contribution in [0.3, 0.4) is 0 Å². The van der Waals surface area contributed by atoms with Crippen LogP contribution in [0, 0.1) is 18.8 Å². The van der Waals surface area contributed by atoms with Gasteiger partial charge in [0.25, 0.3) is 5.56 Å². The van der Waals surface area contributed by atoms with E-state index in [9.17, 15) is 27.6 Å². The van der Waals surface area contributed by atoms with E-state index in [2.05, 4.69) is 26.1 Å². The predicted molar refractivity (Wildman–Crippen MR) is 189 cm³/mol. The van der Waals surface area contributed by atoms with E-state index >= 15 is 0 Å². The molecule has 14 heteroatoms. The Balaban J connectivity index is 1.17. The number of aryl methyl sites for hydroxylation is 1. The van der Waals surface area contributed by atoms with Crippen LogP contribution in [-0.4, -0.2) is 71.6 Å². The molecular formula is C36H42N6O7S. The van der Waals surface area contributed by atoms with Gasteiger partial charge in [-0.2, -0.15) is 4.31 Å². The van der Waals surface area contributed by atoms with Crippen LogP contribution in [0.25, 0.3) is 22.0 Å². The molecule has 6 N–H and O–H groups in total. The second-order valence-corrected chi connectivity index (χ2v) is 15.2. The van der Waals surface area contributed by atoms with Gasteiger partial charge in [0.1, 0.15) is 6.04 Å². The maximum absolute atomic E-state index is 13.7. The Labute approximate surface area is 289 Å². The lowest BCUT2D eigenvalue weighted by molar-refractivity contribution is -0.130. The summed E-state index contributed by atoms with van der Waals surface area (Å²) in [6.45, 7) is 3.32. The zero-order valence-corrected chi connectivity index (χ0v) is 28.6. The first-order valence-corrected chi connectivity index (χ1v) is 18.4. The van der Waals surface area contributed by atoms with Gasteiger partial charge in [0, 0.05) is 37.7 Å². The number of hydrogen-bond donors (Lipinski definition) is 6. The van der Waals surface area contributed by atoms with Crippen molar-refractivity contribution in [1.82, 2.24) is 25.1 Å². The number of carbonyl (C=O) groups excluding carboxylic acids is 2. The normalized spacial score (nSPS) is 18.8. The van der Waals surface area contributed by atoms with Gasteiger partial charge in [-0.3, -0.25) is 24.6 Å². The number of aromatic nitrogens is 2. The Morgan fingerprint density at radius 1 is 0.940 bits per heavy atom. The lowest BCUT2D eigenvalue weighted by atomic mass is 9.81. The number of benzene rings is 3. The fraction of sp³-hybridized carbons (Fsp3) is 0.389. The summed E-state index contributed by atoms with van der Waals surface area (Å²) >= 11 is 0. The quantitative estimate of drug-likeness (QED) is 0.134. The highest BCUT2D eigenvalue weighted by Gasteiger charge is 2.30. The van der Waals surface area contributed by atoms with Crippen molar-refractivity contribution in [3.63, 3.8) is 0 Å². The molecule has 0 bridgehead atoms. The average molecular weight is 703 g/mol. The number of fused-ring (bicyclic) bond motifs is 1. The van der Waals surface area contributed by atoms with Gasteiger partial charge in [0.2, 0.25) is 21.8 Å². The van der Waals surface area contributed by atoms with E-state index in [0.29, 0.717) is 61.9 Å². The second-order valence-electron chi connectivity index (χ2n) is 13.3. The number of hydrogen-bond acceptors (Lipinski definition) is 6. The fourth-order valence-corrected chi connectivity index (χ4v) is 8.56. The maximum Gasteiger partial charge on any atom is 0.404 e. The Bertz CT molecular complexity index is 2040. The lowest BCUT2D eigenvalue weighted by Crippen LogP contribution is -2.48. The molecule has 1 aliphatic heterocycles. The third kappa shape index (κ3) is 7.92.